The topological polar surface area (TPSA) is 126 Å². The van der Waals surface area contributed by atoms with Gasteiger partial charge in [0.25, 0.3) is 5.91 Å². The van der Waals surface area contributed by atoms with E-state index in [2.05, 4.69) is 26.3 Å². The number of nitriles is 1. The summed E-state index contributed by atoms with van der Waals surface area (Å²) in [5, 5.41) is 11.9. The zero-order valence-corrected chi connectivity index (χ0v) is 16.4. The minimum Gasteiger partial charge on any atom is -0.480 e. The van der Waals surface area contributed by atoms with E-state index >= 15 is 0 Å². The molecule has 3 N–H and O–H groups in total. The van der Waals surface area contributed by atoms with Gasteiger partial charge in [-0.2, -0.15) is 5.26 Å². The van der Waals surface area contributed by atoms with Crippen LogP contribution < -0.4 is 15.8 Å². The molecule has 10 heteroatoms. The molecule has 30 heavy (non-hydrogen) atoms. The van der Waals surface area contributed by atoms with Gasteiger partial charge in [-0.25, -0.2) is 18.7 Å². The molecule has 1 aromatic heterocycles. The Kier molecular flexibility index (Phi) is 5.64. The van der Waals surface area contributed by atoms with Crippen molar-refractivity contribution in [3.05, 3.63) is 47.7 Å². The molecular formula is C20H20F2N6O2. The highest BCUT2D eigenvalue weighted by Gasteiger charge is 2.44. The smallest absolute Gasteiger partial charge is 0.275 e. The molecule has 2 atom stereocenters. The number of amidine groups is 1. The molecule has 1 unspecified atom stereocenters. The van der Waals surface area contributed by atoms with E-state index < -0.39 is 29.4 Å². The van der Waals surface area contributed by atoms with Crippen molar-refractivity contribution in [1.29, 1.82) is 5.26 Å². The van der Waals surface area contributed by atoms with Crippen LogP contribution in [0.25, 0.3) is 0 Å². The van der Waals surface area contributed by atoms with Crippen molar-refractivity contribution in [2.45, 2.75) is 25.3 Å². The molecule has 0 saturated carbocycles. The third kappa shape index (κ3) is 3.78. The van der Waals surface area contributed by atoms with Crippen molar-refractivity contribution in [2.24, 2.45) is 16.1 Å². The first-order valence-electron chi connectivity index (χ1n) is 9.07. The quantitative estimate of drug-likeness (QED) is 0.775. The summed E-state index contributed by atoms with van der Waals surface area (Å²) in [6.07, 6.45) is 2.83. The number of nitrogens with one attached hydrogen (secondary N) is 1. The highest BCUT2D eigenvalue weighted by atomic mass is 19.1. The van der Waals surface area contributed by atoms with Crippen LogP contribution in [0.15, 0.2) is 35.6 Å². The number of rotatable bonds is 5. The average Bonchev–Trinajstić information content (AvgIpc) is 2.77. The SMILES string of the molecule is COc1cnc(C(=O)Nc2ccc(F)c([C@]3(CF)CCC(C)(C#N)C(N)=N3)c2)cn1. The molecule has 3 rings (SSSR count). The number of aromatic nitrogens is 2. The second kappa shape index (κ2) is 8.02. The molecule has 8 nitrogen and oxygen atoms in total. The van der Waals surface area contributed by atoms with E-state index in [4.69, 9.17) is 10.5 Å². The lowest BCUT2D eigenvalue weighted by Gasteiger charge is -2.37. The number of nitrogens with zero attached hydrogens (tertiary/aromatic N) is 4. The summed E-state index contributed by atoms with van der Waals surface area (Å²) in [6.45, 7) is 0.602. The molecule has 1 amide bonds. The molecule has 1 aliphatic rings. The van der Waals surface area contributed by atoms with Gasteiger partial charge in [0.15, 0.2) is 0 Å². The number of methoxy groups -OCH3 is 1. The van der Waals surface area contributed by atoms with Crippen LogP contribution in [0.2, 0.25) is 0 Å². The first-order chi connectivity index (χ1) is 14.3. The largest absolute Gasteiger partial charge is 0.480 e. The number of nitrogens with two attached hydrogens (primary N) is 1. The fourth-order valence-corrected chi connectivity index (χ4v) is 3.17. The third-order valence-electron chi connectivity index (χ3n) is 5.20. The maximum Gasteiger partial charge on any atom is 0.275 e. The fraction of sp³-hybridized carbons (Fsp3) is 0.350. The standard InChI is InChI=1S/C20H20F2N6O2/c1-19(11-23)5-6-20(10-21,28-18(19)24)13-7-12(3-4-14(13)22)27-17(29)15-8-26-16(30-2)9-25-15/h3-4,7-9H,5-6,10H2,1-2H3,(H2,24,28)(H,27,29)/t19?,20-/m1/s1. The summed E-state index contributed by atoms with van der Waals surface area (Å²) >= 11 is 0. The van der Waals surface area contributed by atoms with Crippen molar-refractivity contribution in [2.75, 3.05) is 19.1 Å². The Bertz CT molecular complexity index is 1040. The molecule has 2 aromatic rings. The summed E-state index contributed by atoms with van der Waals surface area (Å²) in [7, 11) is 1.42. The first-order valence-corrected chi connectivity index (χ1v) is 9.07. The Hall–Kier alpha value is -3.61. The number of halogens is 2. The number of ether oxygens (including phenoxy) is 1. The minimum atomic E-state index is -1.56. The van der Waals surface area contributed by atoms with Gasteiger partial charge in [-0.1, -0.05) is 0 Å². The van der Waals surface area contributed by atoms with E-state index in [1.165, 1.54) is 31.6 Å². The van der Waals surface area contributed by atoms with Crippen molar-refractivity contribution in [1.82, 2.24) is 9.97 Å². The first kappa shape index (κ1) is 21.1. The van der Waals surface area contributed by atoms with Crippen LogP contribution in [-0.2, 0) is 5.54 Å². The average molecular weight is 414 g/mol. The van der Waals surface area contributed by atoms with Crippen molar-refractivity contribution < 1.29 is 18.3 Å². The molecular weight excluding hydrogens is 394 g/mol. The monoisotopic (exact) mass is 414 g/mol. The van der Waals surface area contributed by atoms with Crippen molar-refractivity contribution in [3.63, 3.8) is 0 Å². The maximum absolute atomic E-state index is 14.6. The summed E-state index contributed by atoms with van der Waals surface area (Å²) in [5.41, 5.74) is 3.52. The highest BCUT2D eigenvalue weighted by molar-refractivity contribution is 6.02. The predicted molar refractivity (Wildman–Crippen MR) is 105 cm³/mol. The van der Waals surface area contributed by atoms with Gasteiger partial charge in [-0.15, -0.1) is 0 Å². The van der Waals surface area contributed by atoms with E-state index in [1.807, 2.05) is 0 Å². The lowest BCUT2D eigenvalue weighted by Crippen LogP contribution is -2.44. The second-order valence-corrected chi connectivity index (χ2v) is 7.20. The summed E-state index contributed by atoms with van der Waals surface area (Å²) in [4.78, 5) is 24.4. The van der Waals surface area contributed by atoms with Gasteiger partial charge < -0.3 is 15.8 Å². The van der Waals surface area contributed by atoms with E-state index in [9.17, 15) is 18.8 Å². The van der Waals surface area contributed by atoms with Crippen LogP contribution in [-0.4, -0.2) is 35.5 Å². The number of hydrogen-bond acceptors (Lipinski definition) is 7. The molecule has 0 bridgehead atoms. The van der Waals surface area contributed by atoms with Gasteiger partial charge in [0.05, 0.1) is 25.6 Å². The number of hydrogen-bond donors (Lipinski definition) is 2. The van der Waals surface area contributed by atoms with Crippen LogP contribution >= 0.6 is 0 Å². The molecule has 0 radical (unpaired) electrons. The Balaban J connectivity index is 1.93. The minimum absolute atomic E-state index is 0.0200. The van der Waals surface area contributed by atoms with Crippen molar-refractivity contribution in [3.8, 4) is 11.9 Å². The van der Waals surface area contributed by atoms with Gasteiger partial charge in [0, 0.05) is 11.3 Å². The fourth-order valence-electron chi connectivity index (χ4n) is 3.17. The molecule has 2 heterocycles. The Labute approximate surface area is 171 Å². The van der Waals surface area contributed by atoms with Crippen LogP contribution in [0.3, 0.4) is 0 Å². The summed E-state index contributed by atoms with van der Waals surface area (Å²) in [6, 6.07) is 5.85. The predicted octanol–water partition coefficient (Wildman–Crippen LogP) is 2.72. The number of carbonyl (C=O) groups excluding carboxylic acids is 1. The number of anilines is 1. The van der Waals surface area contributed by atoms with Crippen LogP contribution in [0.5, 0.6) is 5.88 Å². The van der Waals surface area contributed by atoms with Gasteiger partial charge in [-0.05, 0) is 38.0 Å². The lowest BCUT2D eigenvalue weighted by atomic mass is 9.74. The summed E-state index contributed by atoms with van der Waals surface area (Å²) in [5.74, 6) is -1.07. The van der Waals surface area contributed by atoms with Gasteiger partial charge >= 0.3 is 0 Å². The number of amides is 1. The normalized spacial score (nSPS) is 23.2. The number of carbonyl (C=O) groups is 1. The maximum atomic E-state index is 14.6. The van der Waals surface area contributed by atoms with E-state index in [-0.39, 0.29) is 41.5 Å². The highest BCUT2D eigenvalue weighted by Crippen LogP contribution is 2.42. The number of alkyl halides is 1. The molecule has 1 aliphatic heterocycles. The molecule has 0 spiro atoms. The number of aliphatic imine (C=N–C) groups is 1. The zero-order chi connectivity index (χ0) is 21.9. The molecule has 0 fully saturated rings. The van der Waals surface area contributed by atoms with E-state index in [1.54, 1.807) is 6.92 Å². The molecule has 0 saturated heterocycles. The summed E-state index contributed by atoms with van der Waals surface area (Å²) < 4.78 is 33.7. The lowest BCUT2D eigenvalue weighted by molar-refractivity contribution is 0.102. The van der Waals surface area contributed by atoms with Gasteiger partial charge in [0.1, 0.15) is 35.0 Å². The Morgan fingerprint density at radius 1 is 1.37 bits per heavy atom. The van der Waals surface area contributed by atoms with Crippen LogP contribution in [0.4, 0.5) is 14.5 Å². The third-order valence-corrected chi connectivity index (χ3v) is 5.20. The molecule has 1 aromatic carbocycles. The molecule has 0 aliphatic carbocycles. The Morgan fingerprint density at radius 2 is 2.13 bits per heavy atom. The molecule has 156 valence electrons. The van der Waals surface area contributed by atoms with Crippen LogP contribution in [0.1, 0.15) is 35.8 Å². The van der Waals surface area contributed by atoms with E-state index in [0.29, 0.717) is 0 Å². The second-order valence-electron chi connectivity index (χ2n) is 7.20. The number of benzene rings is 1. The Morgan fingerprint density at radius 3 is 2.70 bits per heavy atom. The van der Waals surface area contributed by atoms with Gasteiger partial charge in [-0.3, -0.25) is 9.79 Å². The van der Waals surface area contributed by atoms with E-state index in [0.717, 1.165) is 6.07 Å². The zero-order valence-electron chi connectivity index (χ0n) is 16.4. The van der Waals surface area contributed by atoms with Crippen LogP contribution in [0, 0.1) is 22.6 Å². The van der Waals surface area contributed by atoms with Gasteiger partial charge in [0.2, 0.25) is 5.88 Å². The van der Waals surface area contributed by atoms with Crippen molar-refractivity contribution >= 4 is 17.4 Å².